The first-order valence-corrected chi connectivity index (χ1v) is 5.87. The van der Waals surface area contributed by atoms with Crippen molar-refractivity contribution in [3.8, 4) is 0 Å². The molecule has 1 aliphatic carbocycles. The lowest BCUT2D eigenvalue weighted by Crippen LogP contribution is -2.21. The number of carbonyl (C=O) groups excluding carboxylic acids is 1. The molecular weight excluding hydrogens is 228 g/mol. The third-order valence-electron chi connectivity index (χ3n) is 3.21. The molecule has 94 valence electrons. The molecule has 0 aliphatic heterocycles. The Morgan fingerprint density at radius 3 is 2.67 bits per heavy atom. The number of nitrogens with zero attached hydrogens (tertiary/aromatic N) is 2. The molecule has 18 heavy (non-hydrogen) atoms. The normalized spacial score (nSPS) is 18.6. The van der Waals surface area contributed by atoms with Crippen LogP contribution in [0.3, 0.4) is 0 Å². The maximum absolute atomic E-state index is 12.1. The molecule has 0 saturated heterocycles. The smallest absolute Gasteiger partial charge is 0.282 e. The fraction of sp³-hybridized carbons (Fsp3) is 0.286. The molecule has 1 unspecified atom stereocenters. The first-order chi connectivity index (χ1) is 8.56. The van der Waals surface area contributed by atoms with Crippen molar-refractivity contribution in [1.82, 2.24) is 9.36 Å². The summed E-state index contributed by atoms with van der Waals surface area (Å²) in [4.78, 5) is 23.1. The number of allylic oxidation sites excluding steroid dienone is 6. The van der Waals surface area contributed by atoms with E-state index in [4.69, 9.17) is 0 Å². The molecule has 4 heteroatoms. The van der Waals surface area contributed by atoms with Crippen molar-refractivity contribution in [2.45, 2.75) is 13.8 Å². The Morgan fingerprint density at radius 2 is 2.06 bits per heavy atom. The Kier molecular flexibility index (Phi) is 3.19. The van der Waals surface area contributed by atoms with E-state index >= 15 is 0 Å². The molecule has 1 aromatic heterocycles. The molecule has 0 amide bonds. The number of hydrogen-bond donors (Lipinski definition) is 0. The fourth-order valence-corrected chi connectivity index (χ4v) is 2.00. The molecule has 1 aromatic rings. The van der Waals surface area contributed by atoms with Crippen LogP contribution in [0.1, 0.15) is 23.0 Å². The summed E-state index contributed by atoms with van der Waals surface area (Å²) in [6, 6.07) is 0. The summed E-state index contributed by atoms with van der Waals surface area (Å²) in [6.45, 7) is 3.83. The highest BCUT2D eigenvalue weighted by molar-refractivity contribution is 5.77. The number of aromatic nitrogens is 2. The van der Waals surface area contributed by atoms with Crippen molar-refractivity contribution in [3.63, 3.8) is 0 Å². The number of carbonyl (C=O) groups is 1. The quantitative estimate of drug-likeness (QED) is 0.746. The Hall–Kier alpha value is -2.10. The van der Waals surface area contributed by atoms with Crippen molar-refractivity contribution >= 4 is 12.0 Å². The Balaban J connectivity index is 2.63. The van der Waals surface area contributed by atoms with Gasteiger partial charge in [-0.1, -0.05) is 25.2 Å². The SMILES string of the molecule is Cc1c(C=O)c(=O)n(C2=CC=CC(C)C=C2)n1C. The van der Waals surface area contributed by atoms with Gasteiger partial charge in [-0.2, -0.15) is 0 Å². The van der Waals surface area contributed by atoms with E-state index in [0.717, 1.165) is 5.70 Å². The van der Waals surface area contributed by atoms with Crippen LogP contribution in [0.5, 0.6) is 0 Å². The second kappa shape index (κ2) is 4.64. The lowest BCUT2D eigenvalue weighted by atomic mass is 10.2. The average molecular weight is 244 g/mol. The van der Waals surface area contributed by atoms with Gasteiger partial charge >= 0.3 is 0 Å². The van der Waals surface area contributed by atoms with Crippen molar-refractivity contribution in [2.24, 2.45) is 13.0 Å². The molecule has 0 bridgehead atoms. The van der Waals surface area contributed by atoms with E-state index in [-0.39, 0.29) is 11.1 Å². The second-order valence-electron chi connectivity index (χ2n) is 4.45. The van der Waals surface area contributed by atoms with Crippen LogP contribution >= 0.6 is 0 Å². The molecule has 0 N–H and O–H groups in total. The van der Waals surface area contributed by atoms with Gasteiger partial charge in [0.1, 0.15) is 5.56 Å². The van der Waals surface area contributed by atoms with Crippen LogP contribution in [0, 0.1) is 12.8 Å². The van der Waals surface area contributed by atoms with E-state index in [2.05, 4.69) is 6.92 Å². The van der Waals surface area contributed by atoms with Gasteiger partial charge < -0.3 is 0 Å². The van der Waals surface area contributed by atoms with Gasteiger partial charge in [-0.3, -0.25) is 14.3 Å². The number of aldehydes is 1. The van der Waals surface area contributed by atoms with E-state index in [0.29, 0.717) is 17.9 Å². The molecule has 0 radical (unpaired) electrons. The molecule has 1 heterocycles. The van der Waals surface area contributed by atoms with Gasteiger partial charge in [0.2, 0.25) is 0 Å². The zero-order chi connectivity index (χ0) is 13.3. The summed E-state index contributed by atoms with van der Waals surface area (Å²) < 4.78 is 3.21. The first kappa shape index (κ1) is 12.4. The van der Waals surface area contributed by atoms with Crippen molar-refractivity contribution in [3.05, 3.63) is 52.0 Å². The van der Waals surface area contributed by atoms with Crippen LogP contribution in [-0.4, -0.2) is 15.6 Å². The second-order valence-corrected chi connectivity index (χ2v) is 4.45. The minimum Gasteiger partial charge on any atom is -0.298 e. The van der Waals surface area contributed by atoms with E-state index < -0.39 is 0 Å². The summed E-state index contributed by atoms with van der Waals surface area (Å²) in [7, 11) is 1.77. The van der Waals surface area contributed by atoms with Crippen LogP contribution in [0.4, 0.5) is 0 Å². The Morgan fingerprint density at radius 1 is 1.33 bits per heavy atom. The molecule has 4 nitrogen and oxygen atoms in total. The van der Waals surface area contributed by atoms with Crippen LogP contribution in [0.25, 0.3) is 5.70 Å². The Labute approximate surface area is 106 Å². The van der Waals surface area contributed by atoms with Gasteiger partial charge in [-0.05, 0) is 25.0 Å². The Bertz CT molecular complexity index is 627. The molecule has 1 atom stereocenters. The highest BCUT2D eigenvalue weighted by Gasteiger charge is 2.15. The third kappa shape index (κ3) is 1.90. The minimum absolute atomic E-state index is 0.216. The fourth-order valence-electron chi connectivity index (χ4n) is 2.00. The number of rotatable bonds is 2. The predicted octanol–water partition coefficient (Wildman–Crippen LogP) is 1.91. The van der Waals surface area contributed by atoms with Crippen molar-refractivity contribution < 1.29 is 4.79 Å². The van der Waals surface area contributed by atoms with Crippen LogP contribution in [-0.2, 0) is 7.05 Å². The van der Waals surface area contributed by atoms with E-state index in [1.54, 1.807) is 18.7 Å². The highest BCUT2D eigenvalue weighted by Crippen LogP contribution is 2.14. The van der Waals surface area contributed by atoms with Gasteiger partial charge in [-0.25, -0.2) is 4.68 Å². The van der Waals surface area contributed by atoms with Gasteiger partial charge in [0.05, 0.1) is 5.70 Å². The maximum Gasteiger partial charge on any atom is 0.282 e. The molecule has 0 spiro atoms. The zero-order valence-electron chi connectivity index (χ0n) is 10.8. The summed E-state index contributed by atoms with van der Waals surface area (Å²) in [5.74, 6) is 0.335. The molecule has 1 aliphatic rings. The molecule has 0 aromatic carbocycles. The van der Waals surface area contributed by atoms with E-state index in [9.17, 15) is 9.59 Å². The molecule has 2 rings (SSSR count). The van der Waals surface area contributed by atoms with Gasteiger partial charge in [0.15, 0.2) is 6.29 Å². The topological polar surface area (TPSA) is 44.0 Å². The average Bonchev–Trinajstić information content (AvgIpc) is 2.50. The van der Waals surface area contributed by atoms with E-state index in [1.165, 1.54) is 4.68 Å². The summed E-state index contributed by atoms with van der Waals surface area (Å²) in [5.41, 5.74) is 1.38. The monoisotopic (exact) mass is 244 g/mol. The summed E-state index contributed by atoms with van der Waals surface area (Å²) in [5, 5.41) is 0. The zero-order valence-corrected chi connectivity index (χ0v) is 10.8. The maximum atomic E-state index is 12.1. The van der Waals surface area contributed by atoms with Gasteiger partial charge in [-0.15, -0.1) is 0 Å². The first-order valence-electron chi connectivity index (χ1n) is 5.87. The minimum atomic E-state index is -0.274. The molecular formula is C14H16N2O2. The summed E-state index contributed by atoms with van der Waals surface area (Å²) >= 11 is 0. The van der Waals surface area contributed by atoms with Crippen LogP contribution in [0.2, 0.25) is 0 Å². The lowest BCUT2D eigenvalue weighted by molar-refractivity contribution is 0.112. The predicted molar refractivity (Wildman–Crippen MR) is 71.5 cm³/mol. The van der Waals surface area contributed by atoms with Gasteiger partial charge in [0, 0.05) is 12.7 Å². The standard InChI is InChI=1S/C14H16N2O2/c1-10-5-4-6-12(8-7-10)16-14(18)13(9-17)11(2)15(16)3/h4-10H,1-3H3. The number of hydrogen-bond acceptors (Lipinski definition) is 2. The lowest BCUT2D eigenvalue weighted by Gasteiger charge is -2.08. The van der Waals surface area contributed by atoms with Crippen LogP contribution in [0.15, 0.2) is 35.2 Å². The van der Waals surface area contributed by atoms with Crippen molar-refractivity contribution in [1.29, 1.82) is 0 Å². The third-order valence-corrected chi connectivity index (χ3v) is 3.21. The molecule has 0 saturated carbocycles. The summed E-state index contributed by atoms with van der Waals surface area (Å²) in [6.07, 6.45) is 10.4. The molecule has 0 fully saturated rings. The van der Waals surface area contributed by atoms with Crippen LogP contribution < -0.4 is 5.56 Å². The largest absolute Gasteiger partial charge is 0.298 e. The van der Waals surface area contributed by atoms with Crippen molar-refractivity contribution in [2.75, 3.05) is 0 Å². The highest BCUT2D eigenvalue weighted by atomic mass is 16.1. The van der Waals surface area contributed by atoms with E-state index in [1.807, 2.05) is 30.4 Å². The van der Waals surface area contributed by atoms with Gasteiger partial charge in [0.25, 0.3) is 5.56 Å².